The number of unbranched alkanes of at least 4 members (excludes halogenated alkanes) is 64. The monoisotopic (exact) mass is 1300 g/mol. The second-order valence-corrected chi connectivity index (χ2v) is 29.6. The highest BCUT2D eigenvalue weighted by Gasteiger charge is 2.44. The first-order valence-corrected chi connectivity index (χ1v) is 41.9. The summed E-state index contributed by atoms with van der Waals surface area (Å²) in [5.74, 6) is -0.132. The third-order valence-corrected chi connectivity index (χ3v) is 20.6. The number of carbonyl (C=O) groups excluding carboxylic acids is 1. The smallest absolute Gasteiger partial charge is 0.220 e. The van der Waals surface area contributed by atoms with E-state index in [0.29, 0.717) is 12.8 Å². The molecule has 0 aromatic carbocycles. The Labute approximate surface area is 573 Å². The number of hydrogen-bond acceptors (Lipinski definition) is 8. The lowest BCUT2D eigenvalue weighted by Crippen LogP contribution is -2.60. The number of carbonyl (C=O) groups is 1. The molecule has 1 fully saturated rings. The molecule has 1 heterocycles. The Morgan fingerprint density at radius 1 is 0.359 bits per heavy atom. The summed E-state index contributed by atoms with van der Waals surface area (Å²) in [6.45, 7) is 3.92. The van der Waals surface area contributed by atoms with Crippen molar-refractivity contribution in [3.05, 3.63) is 12.2 Å². The lowest BCUT2D eigenvalue weighted by molar-refractivity contribution is -0.302. The first kappa shape index (κ1) is 88.9. The van der Waals surface area contributed by atoms with Crippen LogP contribution in [0.25, 0.3) is 0 Å². The van der Waals surface area contributed by atoms with E-state index in [1.165, 1.54) is 392 Å². The third kappa shape index (κ3) is 60.1. The zero-order valence-electron chi connectivity index (χ0n) is 61.9. The Hall–Kier alpha value is -1.07. The maximum absolute atomic E-state index is 13.2. The maximum atomic E-state index is 13.2. The SMILES string of the molecule is CCCCCCCCCC/C=C\CCCCCCCCCCCCCCCCCCCCCCCCCCCCCCCC(=O)NC(COC1OC(CO)C(O)C(O)C1O)C(O)CCCCCCCCCCCCCCCCCCCCCCCCCCCCCC. The molecule has 9 nitrogen and oxygen atoms in total. The Balaban J connectivity index is 2.00. The van der Waals surface area contributed by atoms with Crippen molar-refractivity contribution in [1.82, 2.24) is 5.32 Å². The number of nitrogens with one attached hydrogen (secondary N) is 1. The minimum atomic E-state index is -1.55. The quantitative estimate of drug-likeness (QED) is 0.0261. The summed E-state index contributed by atoms with van der Waals surface area (Å²) in [5.41, 5.74) is 0. The fourth-order valence-electron chi connectivity index (χ4n) is 14.1. The van der Waals surface area contributed by atoms with Crippen LogP contribution in [0, 0.1) is 0 Å². The average Bonchev–Trinajstić information content (AvgIpc) is 1.00. The molecule has 1 saturated heterocycles. The molecule has 0 radical (unpaired) electrons. The lowest BCUT2D eigenvalue weighted by Gasteiger charge is -2.40. The highest BCUT2D eigenvalue weighted by atomic mass is 16.7. The summed E-state index contributed by atoms with van der Waals surface area (Å²) in [4.78, 5) is 13.2. The predicted molar refractivity (Wildman–Crippen MR) is 397 cm³/mol. The van der Waals surface area contributed by atoms with Gasteiger partial charge in [-0.05, 0) is 38.5 Å². The normalized spacial score (nSPS) is 17.6. The van der Waals surface area contributed by atoms with E-state index in [4.69, 9.17) is 9.47 Å². The number of ether oxygens (including phenoxy) is 2. The lowest BCUT2D eigenvalue weighted by atomic mass is 9.99. The van der Waals surface area contributed by atoms with Crippen LogP contribution in [-0.2, 0) is 14.3 Å². The van der Waals surface area contributed by atoms with Gasteiger partial charge >= 0.3 is 0 Å². The van der Waals surface area contributed by atoms with Gasteiger partial charge in [-0.15, -0.1) is 0 Å². The van der Waals surface area contributed by atoms with Crippen molar-refractivity contribution in [1.29, 1.82) is 0 Å². The van der Waals surface area contributed by atoms with Gasteiger partial charge in [0.25, 0.3) is 0 Å². The van der Waals surface area contributed by atoms with E-state index in [2.05, 4.69) is 31.3 Å². The molecular formula is C83H163NO8. The van der Waals surface area contributed by atoms with Crippen LogP contribution in [0.2, 0.25) is 0 Å². The highest BCUT2D eigenvalue weighted by molar-refractivity contribution is 5.76. The molecule has 0 saturated carbocycles. The topological polar surface area (TPSA) is 149 Å². The van der Waals surface area contributed by atoms with Crippen molar-refractivity contribution in [2.24, 2.45) is 0 Å². The number of hydrogen-bond donors (Lipinski definition) is 6. The van der Waals surface area contributed by atoms with Gasteiger partial charge in [0.15, 0.2) is 6.29 Å². The number of rotatable bonds is 76. The molecule has 0 bridgehead atoms. The molecule has 0 aromatic rings. The van der Waals surface area contributed by atoms with E-state index in [-0.39, 0.29) is 12.5 Å². The number of allylic oxidation sites excluding steroid dienone is 2. The fraction of sp³-hybridized carbons (Fsp3) is 0.964. The number of amides is 1. The van der Waals surface area contributed by atoms with Crippen molar-refractivity contribution in [2.75, 3.05) is 13.2 Å². The Morgan fingerprint density at radius 3 is 0.880 bits per heavy atom. The maximum Gasteiger partial charge on any atom is 0.220 e. The summed E-state index contributed by atoms with van der Waals surface area (Å²) in [5, 5.41) is 55.1. The van der Waals surface area contributed by atoms with Crippen LogP contribution in [0.15, 0.2) is 12.2 Å². The molecule has 9 heteroatoms. The molecule has 7 atom stereocenters. The molecule has 1 aliphatic rings. The average molecular weight is 1300 g/mol. The summed E-state index contributed by atoms with van der Waals surface area (Å²) in [6.07, 6.45) is 89.2. The van der Waals surface area contributed by atoms with Crippen LogP contribution in [0.3, 0.4) is 0 Å². The van der Waals surface area contributed by atoms with E-state index >= 15 is 0 Å². The van der Waals surface area contributed by atoms with Gasteiger partial charge in [0.2, 0.25) is 5.91 Å². The zero-order valence-corrected chi connectivity index (χ0v) is 61.9. The van der Waals surface area contributed by atoms with E-state index < -0.39 is 49.5 Å². The van der Waals surface area contributed by atoms with Crippen molar-refractivity contribution < 1.29 is 39.8 Å². The summed E-state index contributed by atoms with van der Waals surface area (Å²) in [7, 11) is 0. The standard InChI is InChI=1S/C83H163NO8/c1-3-5-7-9-11-13-15-17-19-21-23-25-27-29-31-33-34-35-36-37-38-39-40-41-42-43-44-45-47-49-51-53-55-57-59-61-63-65-67-69-71-73-79(87)84-76(75-91-83-82(90)81(89)80(88)78(74-85)92-83)77(86)72-70-68-66-64-62-60-58-56-54-52-50-48-46-32-30-28-26-24-22-20-18-16-14-12-10-8-6-4-2/h21,23,76-78,80-83,85-86,88-90H,3-20,22,24-75H2,1-2H3,(H,84,87)/b23-21-. The van der Waals surface area contributed by atoms with Gasteiger partial charge in [0.1, 0.15) is 24.4 Å². The van der Waals surface area contributed by atoms with Crippen LogP contribution in [-0.4, -0.2) is 87.5 Å². The molecule has 6 N–H and O–H groups in total. The van der Waals surface area contributed by atoms with Crippen LogP contribution in [0.5, 0.6) is 0 Å². The Bertz CT molecular complexity index is 1460. The fourth-order valence-corrected chi connectivity index (χ4v) is 14.1. The Morgan fingerprint density at radius 2 is 0.609 bits per heavy atom. The molecule has 0 aliphatic carbocycles. The van der Waals surface area contributed by atoms with E-state index in [1.807, 2.05) is 0 Å². The second kappa shape index (κ2) is 72.7. The van der Waals surface area contributed by atoms with Gasteiger partial charge < -0.3 is 40.3 Å². The molecule has 1 amide bonds. The molecule has 0 spiro atoms. The number of aliphatic hydroxyl groups is 5. The van der Waals surface area contributed by atoms with Gasteiger partial charge in [-0.3, -0.25) is 4.79 Å². The molecular weight excluding hydrogens is 1140 g/mol. The number of aliphatic hydroxyl groups excluding tert-OH is 5. The van der Waals surface area contributed by atoms with Crippen LogP contribution in [0.1, 0.15) is 457 Å². The van der Waals surface area contributed by atoms with Crippen molar-refractivity contribution in [2.45, 2.75) is 500 Å². The summed E-state index contributed by atoms with van der Waals surface area (Å²) >= 11 is 0. The van der Waals surface area contributed by atoms with Gasteiger partial charge in [0.05, 0.1) is 25.4 Å². The molecule has 7 unspecified atom stereocenters. The minimum Gasteiger partial charge on any atom is -0.394 e. The molecule has 1 rings (SSSR count). The molecule has 0 aromatic heterocycles. The van der Waals surface area contributed by atoms with Crippen LogP contribution < -0.4 is 5.32 Å². The summed E-state index contributed by atoms with van der Waals surface area (Å²) < 4.78 is 11.4. The van der Waals surface area contributed by atoms with E-state index in [1.54, 1.807) is 0 Å². The first-order valence-electron chi connectivity index (χ1n) is 41.9. The second-order valence-electron chi connectivity index (χ2n) is 29.6. The van der Waals surface area contributed by atoms with Crippen LogP contribution >= 0.6 is 0 Å². The van der Waals surface area contributed by atoms with Crippen molar-refractivity contribution in [3.8, 4) is 0 Å². The molecule has 548 valence electrons. The van der Waals surface area contributed by atoms with Crippen molar-refractivity contribution >= 4 is 5.91 Å². The van der Waals surface area contributed by atoms with Gasteiger partial charge in [-0.25, -0.2) is 0 Å². The van der Waals surface area contributed by atoms with Crippen molar-refractivity contribution in [3.63, 3.8) is 0 Å². The van der Waals surface area contributed by atoms with Gasteiger partial charge in [-0.2, -0.15) is 0 Å². The zero-order chi connectivity index (χ0) is 66.4. The van der Waals surface area contributed by atoms with E-state index in [0.717, 1.165) is 38.5 Å². The van der Waals surface area contributed by atoms with Gasteiger partial charge in [-0.1, -0.05) is 424 Å². The predicted octanol–water partition coefficient (Wildman–Crippen LogP) is 24.2. The highest BCUT2D eigenvalue weighted by Crippen LogP contribution is 2.25. The summed E-state index contributed by atoms with van der Waals surface area (Å²) in [6, 6.07) is -0.717. The first-order chi connectivity index (χ1) is 45.3. The van der Waals surface area contributed by atoms with E-state index in [9.17, 15) is 30.3 Å². The molecule has 1 aliphatic heterocycles. The molecule has 92 heavy (non-hydrogen) atoms. The Kier molecular flexibility index (Phi) is 70.3. The van der Waals surface area contributed by atoms with Gasteiger partial charge in [0, 0.05) is 6.42 Å². The largest absolute Gasteiger partial charge is 0.394 e. The van der Waals surface area contributed by atoms with Crippen LogP contribution in [0.4, 0.5) is 0 Å². The third-order valence-electron chi connectivity index (χ3n) is 20.6. The minimum absolute atomic E-state index is 0.131.